The quantitative estimate of drug-likeness (QED) is 0.722. The number of rotatable bonds is 5. The second-order valence-electron chi connectivity index (χ2n) is 7.31. The van der Waals surface area contributed by atoms with Crippen LogP contribution in [0.2, 0.25) is 0 Å². The number of halogens is 2. The molecule has 0 N–H and O–H groups in total. The molecular weight excluding hydrogens is 402 g/mol. The van der Waals surface area contributed by atoms with Gasteiger partial charge in [0.05, 0.1) is 0 Å². The summed E-state index contributed by atoms with van der Waals surface area (Å²) in [6, 6.07) is 2.47. The molecule has 0 atom stereocenters. The van der Waals surface area contributed by atoms with Gasteiger partial charge < -0.3 is 9.80 Å². The molecule has 0 bridgehead atoms. The van der Waals surface area contributed by atoms with E-state index >= 15 is 0 Å². The Morgan fingerprint density at radius 1 is 1.03 bits per heavy atom. The van der Waals surface area contributed by atoms with E-state index < -0.39 is 26.6 Å². The van der Waals surface area contributed by atoms with E-state index in [1.54, 1.807) is 4.90 Å². The third-order valence-electron chi connectivity index (χ3n) is 4.58. The minimum Gasteiger partial charge on any atom is -0.347 e. The Bertz CT molecular complexity index is 966. The fraction of sp³-hybridized carbons (Fsp3) is 0.500. The molecule has 3 rings (SSSR count). The Balaban J connectivity index is 1.80. The normalized spacial score (nSPS) is 15.8. The summed E-state index contributed by atoms with van der Waals surface area (Å²) >= 11 is 0. The molecule has 1 aromatic carbocycles. The first-order chi connectivity index (χ1) is 13.6. The molecule has 0 unspecified atom stereocenters. The number of piperazine rings is 1. The summed E-state index contributed by atoms with van der Waals surface area (Å²) in [6.45, 7) is 4.94. The first kappa shape index (κ1) is 21.3. The van der Waals surface area contributed by atoms with Crippen LogP contribution >= 0.6 is 0 Å². The largest absolute Gasteiger partial charge is 0.347 e. The number of hydrogen-bond acceptors (Lipinski definition) is 7. The zero-order valence-electron chi connectivity index (χ0n) is 16.8. The van der Waals surface area contributed by atoms with E-state index in [1.807, 2.05) is 32.8 Å². The summed E-state index contributed by atoms with van der Waals surface area (Å²) in [5.41, 5.74) is 0. The molecule has 1 aliphatic heterocycles. The molecule has 1 aromatic heterocycles. The number of aromatic nitrogens is 3. The van der Waals surface area contributed by atoms with Gasteiger partial charge in [0.2, 0.25) is 21.9 Å². The van der Waals surface area contributed by atoms with Gasteiger partial charge in [-0.25, -0.2) is 17.2 Å². The van der Waals surface area contributed by atoms with Crippen molar-refractivity contribution in [1.29, 1.82) is 0 Å². The highest BCUT2D eigenvalue weighted by molar-refractivity contribution is 7.89. The third-order valence-corrected chi connectivity index (χ3v) is 6.51. The zero-order chi connectivity index (χ0) is 21.3. The Morgan fingerprint density at radius 3 is 2.24 bits per heavy atom. The lowest BCUT2D eigenvalue weighted by molar-refractivity contribution is 0.379. The van der Waals surface area contributed by atoms with Gasteiger partial charge in [0, 0.05) is 52.3 Å². The molecule has 29 heavy (non-hydrogen) atoms. The summed E-state index contributed by atoms with van der Waals surface area (Å²) in [7, 11) is -0.378. The van der Waals surface area contributed by atoms with Crippen LogP contribution in [0.15, 0.2) is 23.1 Å². The van der Waals surface area contributed by atoms with Crippen LogP contribution < -0.4 is 9.80 Å². The van der Waals surface area contributed by atoms with E-state index in [-0.39, 0.29) is 19.0 Å². The van der Waals surface area contributed by atoms with Gasteiger partial charge in [-0.1, -0.05) is 13.8 Å². The van der Waals surface area contributed by atoms with Gasteiger partial charge in [-0.3, -0.25) is 0 Å². The van der Waals surface area contributed by atoms with Crippen LogP contribution in [-0.4, -0.2) is 67.9 Å². The van der Waals surface area contributed by atoms with Crippen LogP contribution in [0.3, 0.4) is 0 Å². The summed E-state index contributed by atoms with van der Waals surface area (Å²) in [6.07, 6.45) is 0. The highest BCUT2D eigenvalue weighted by Gasteiger charge is 2.32. The molecule has 158 valence electrons. The van der Waals surface area contributed by atoms with Crippen LogP contribution in [0.4, 0.5) is 20.7 Å². The van der Waals surface area contributed by atoms with Gasteiger partial charge in [-0.05, 0) is 12.1 Å². The molecular formula is C18H24F2N6O2S. The van der Waals surface area contributed by atoms with Gasteiger partial charge in [0.25, 0.3) is 0 Å². The lowest BCUT2D eigenvalue weighted by atomic mass is 10.2. The van der Waals surface area contributed by atoms with Gasteiger partial charge in [-0.2, -0.15) is 19.3 Å². The molecule has 1 saturated heterocycles. The Labute approximate surface area is 169 Å². The van der Waals surface area contributed by atoms with E-state index in [1.165, 1.54) is 4.31 Å². The van der Waals surface area contributed by atoms with Crippen molar-refractivity contribution in [2.24, 2.45) is 0 Å². The summed E-state index contributed by atoms with van der Waals surface area (Å²) in [5, 5.41) is 0. The van der Waals surface area contributed by atoms with Gasteiger partial charge in [0.1, 0.15) is 22.4 Å². The molecule has 11 heteroatoms. The molecule has 2 heterocycles. The van der Waals surface area contributed by atoms with Gasteiger partial charge in [0.15, 0.2) is 0 Å². The summed E-state index contributed by atoms with van der Waals surface area (Å²) in [5.74, 6) is -0.138. The van der Waals surface area contributed by atoms with Crippen LogP contribution in [0.1, 0.15) is 25.6 Å². The third kappa shape index (κ3) is 4.45. The predicted octanol–water partition coefficient (Wildman–Crippen LogP) is 1.85. The SMILES string of the molecule is CC(C)c1nc(N(C)C)nc(N2CCN(S(=O)(=O)c3ccc(F)cc3F)CC2)n1. The van der Waals surface area contributed by atoms with Crippen molar-refractivity contribution in [3.05, 3.63) is 35.7 Å². The van der Waals surface area contributed by atoms with Crippen molar-refractivity contribution < 1.29 is 17.2 Å². The van der Waals surface area contributed by atoms with E-state index in [2.05, 4.69) is 15.0 Å². The topological polar surface area (TPSA) is 82.5 Å². The molecule has 2 aromatic rings. The standard InChI is InChI=1S/C18H24F2N6O2S/c1-12(2)16-21-17(24(3)4)23-18(22-16)25-7-9-26(10-8-25)29(27,28)15-6-5-13(19)11-14(15)20/h5-6,11-12H,7-10H2,1-4H3. The summed E-state index contributed by atoms with van der Waals surface area (Å²) < 4.78 is 53.8. The average Bonchev–Trinajstić information content (AvgIpc) is 2.67. The Morgan fingerprint density at radius 2 is 1.69 bits per heavy atom. The minimum atomic E-state index is -4.05. The van der Waals surface area contributed by atoms with Crippen molar-refractivity contribution in [2.45, 2.75) is 24.7 Å². The van der Waals surface area contributed by atoms with Crippen molar-refractivity contribution in [3.63, 3.8) is 0 Å². The average molecular weight is 426 g/mol. The van der Waals surface area contributed by atoms with Crippen molar-refractivity contribution in [3.8, 4) is 0 Å². The number of benzene rings is 1. The lowest BCUT2D eigenvalue weighted by Crippen LogP contribution is -2.49. The maximum atomic E-state index is 14.0. The maximum absolute atomic E-state index is 14.0. The predicted molar refractivity (Wildman–Crippen MR) is 106 cm³/mol. The molecule has 0 radical (unpaired) electrons. The van der Waals surface area contributed by atoms with Crippen LogP contribution in [0.5, 0.6) is 0 Å². The lowest BCUT2D eigenvalue weighted by Gasteiger charge is -2.34. The second kappa shape index (κ2) is 8.15. The fourth-order valence-electron chi connectivity index (χ4n) is 2.92. The highest BCUT2D eigenvalue weighted by Crippen LogP contribution is 2.23. The van der Waals surface area contributed by atoms with E-state index in [4.69, 9.17) is 0 Å². The molecule has 0 spiro atoms. The number of anilines is 2. The smallest absolute Gasteiger partial charge is 0.246 e. The van der Waals surface area contributed by atoms with Crippen LogP contribution in [-0.2, 0) is 10.0 Å². The fourth-order valence-corrected chi connectivity index (χ4v) is 4.39. The van der Waals surface area contributed by atoms with Crippen molar-refractivity contribution in [2.75, 3.05) is 50.1 Å². The first-order valence-corrected chi connectivity index (χ1v) is 10.7. The molecule has 0 amide bonds. The number of sulfonamides is 1. The monoisotopic (exact) mass is 426 g/mol. The molecule has 0 aliphatic carbocycles. The van der Waals surface area contributed by atoms with Crippen molar-refractivity contribution in [1.82, 2.24) is 19.3 Å². The molecule has 8 nitrogen and oxygen atoms in total. The zero-order valence-corrected chi connectivity index (χ0v) is 17.6. The van der Waals surface area contributed by atoms with E-state index in [0.29, 0.717) is 36.9 Å². The molecule has 1 aliphatic rings. The number of nitrogens with zero attached hydrogens (tertiary/aromatic N) is 6. The highest BCUT2D eigenvalue weighted by atomic mass is 32.2. The Kier molecular flexibility index (Phi) is 5.99. The number of hydrogen-bond donors (Lipinski definition) is 0. The minimum absolute atomic E-state index is 0.110. The van der Waals surface area contributed by atoms with Crippen molar-refractivity contribution >= 4 is 21.9 Å². The van der Waals surface area contributed by atoms with E-state index in [0.717, 1.165) is 12.1 Å². The van der Waals surface area contributed by atoms with E-state index in [9.17, 15) is 17.2 Å². The first-order valence-electron chi connectivity index (χ1n) is 9.23. The second-order valence-corrected chi connectivity index (χ2v) is 9.21. The van der Waals surface area contributed by atoms with Crippen LogP contribution in [0, 0.1) is 11.6 Å². The maximum Gasteiger partial charge on any atom is 0.246 e. The Hall–Kier alpha value is -2.40. The van der Waals surface area contributed by atoms with Gasteiger partial charge >= 0.3 is 0 Å². The van der Waals surface area contributed by atoms with Crippen LogP contribution in [0.25, 0.3) is 0 Å². The molecule has 1 fully saturated rings. The van der Waals surface area contributed by atoms with Gasteiger partial charge in [-0.15, -0.1) is 0 Å². The summed E-state index contributed by atoms with van der Waals surface area (Å²) in [4.78, 5) is 16.6. The molecule has 0 saturated carbocycles.